The maximum atomic E-state index is 6.30. The number of nitrogens with zero attached hydrogens (tertiary/aromatic N) is 2. The van der Waals surface area contributed by atoms with Crippen LogP contribution in [-0.2, 0) is 7.05 Å². The molecular weight excluding hydrogens is 376 g/mol. The van der Waals surface area contributed by atoms with Crippen LogP contribution in [0.25, 0.3) is 53.5 Å². The molecule has 2 aromatic carbocycles. The van der Waals surface area contributed by atoms with E-state index >= 15 is 0 Å². The first-order valence-corrected chi connectivity index (χ1v) is 10.5. The Balaban J connectivity index is 1.71. The molecule has 4 heterocycles. The summed E-state index contributed by atoms with van der Waals surface area (Å²) in [5.41, 5.74) is 6.07. The number of aromatic nitrogens is 2. The number of rotatable bonds is 1. The summed E-state index contributed by atoms with van der Waals surface area (Å²) in [6, 6.07) is 19.4. The number of fused-ring (bicyclic) bond motifs is 6. The van der Waals surface area contributed by atoms with Crippen molar-refractivity contribution in [1.29, 1.82) is 0 Å². The molecule has 0 unspecified atom stereocenters. The zero-order valence-corrected chi connectivity index (χ0v) is 17.3. The molecule has 0 spiro atoms. The number of furan rings is 1. The molecule has 6 rings (SSSR count). The van der Waals surface area contributed by atoms with E-state index in [2.05, 4.69) is 78.3 Å². The van der Waals surface area contributed by atoms with Gasteiger partial charge in [-0.1, -0.05) is 30.3 Å². The summed E-state index contributed by atoms with van der Waals surface area (Å²) in [5.74, 6) is 0. The fourth-order valence-corrected chi connectivity index (χ4v) is 5.41. The molecule has 3 nitrogen and oxygen atoms in total. The molecule has 0 atom stereocenters. The molecule has 4 aromatic heterocycles. The van der Waals surface area contributed by atoms with Gasteiger partial charge in [0.05, 0.1) is 10.9 Å². The maximum absolute atomic E-state index is 6.30. The molecule has 6 aromatic rings. The summed E-state index contributed by atoms with van der Waals surface area (Å²) in [7, 11) is 2.12. The lowest BCUT2D eigenvalue weighted by atomic mass is 10.0. The molecule has 0 N–H and O–H groups in total. The number of benzene rings is 2. The van der Waals surface area contributed by atoms with E-state index in [1.807, 2.05) is 24.3 Å². The molecule has 0 saturated heterocycles. The highest BCUT2D eigenvalue weighted by Gasteiger charge is 2.22. The number of pyridine rings is 2. The molecule has 0 saturated carbocycles. The minimum absolute atomic E-state index is 0.706. The van der Waals surface area contributed by atoms with Gasteiger partial charge in [0, 0.05) is 37.3 Å². The van der Waals surface area contributed by atoms with E-state index in [9.17, 15) is 0 Å². The van der Waals surface area contributed by atoms with Gasteiger partial charge in [-0.15, -0.1) is 11.3 Å². The van der Waals surface area contributed by atoms with E-state index in [1.54, 1.807) is 0 Å². The predicted molar refractivity (Wildman–Crippen MR) is 120 cm³/mol. The Labute approximate surface area is 171 Å². The van der Waals surface area contributed by atoms with Gasteiger partial charge in [-0.05, 0) is 37.6 Å². The van der Waals surface area contributed by atoms with Gasteiger partial charge in [-0.3, -0.25) is 0 Å². The van der Waals surface area contributed by atoms with Crippen LogP contribution in [-0.4, -0.2) is 4.98 Å². The Morgan fingerprint density at radius 1 is 0.862 bits per heavy atom. The summed E-state index contributed by atoms with van der Waals surface area (Å²) in [6.07, 6.45) is 2.24. The van der Waals surface area contributed by atoms with Crippen LogP contribution in [0, 0.1) is 13.8 Å². The first-order chi connectivity index (χ1) is 14.1. The van der Waals surface area contributed by atoms with Crippen molar-refractivity contribution < 1.29 is 8.98 Å². The van der Waals surface area contributed by atoms with Crippen molar-refractivity contribution in [3.05, 3.63) is 72.1 Å². The minimum Gasteiger partial charge on any atom is -0.437 e. The average molecular weight is 396 g/mol. The Kier molecular flexibility index (Phi) is 3.38. The highest BCUT2D eigenvalue weighted by Crippen LogP contribution is 2.39. The molecule has 4 heteroatoms. The molecule has 0 aliphatic rings. The Morgan fingerprint density at radius 3 is 2.59 bits per heavy atom. The summed E-state index contributed by atoms with van der Waals surface area (Å²) >= 11 is 1.84. The van der Waals surface area contributed by atoms with Gasteiger partial charge < -0.3 is 4.42 Å². The van der Waals surface area contributed by atoms with Crippen LogP contribution < -0.4 is 4.57 Å². The second-order valence-electron chi connectivity index (χ2n) is 7.69. The second kappa shape index (κ2) is 5.88. The van der Waals surface area contributed by atoms with E-state index < -0.39 is 0 Å². The molecule has 29 heavy (non-hydrogen) atoms. The van der Waals surface area contributed by atoms with Crippen LogP contribution in [0.2, 0.25) is 0 Å². The predicted octanol–water partition coefficient (Wildman–Crippen LogP) is 6.46. The Hall–Kier alpha value is -3.24. The van der Waals surface area contributed by atoms with Gasteiger partial charge in [0.1, 0.15) is 7.05 Å². The number of aryl methyl sites for hydroxylation is 3. The first kappa shape index (κ1) is 16.7. The normalized spacial score (nSPS) is 12.0. The second-order valence-corrected chi connectivity index (χ2v) is 8.77. The third-order valence-corrected chi connectivity index (χ3v) is 6.88. The molecule has 0 fully saturated rings. The van der Waals surface area contributed by atoms with Crippen LogP contribution >= 0.6 is 11.3 Å². The van der Waals surface area contributed by atoms with Gasteiger partial charge in [0.15, 0.2) is 11.8 Å². The van der Waals surface area contributed by atoms with E-state index in [1.165, 1.54) is 25.7 Å². The molecule has 0 radical (unpaired) electrons. The molecule has 0 amide bonds. The molecule has 0 aliphatic heterocycles. The lowest BCUT2D eigenvalue weighted by Crippen LogP contribution is -2.30. The first-order valence-electron chi connectivity index (χ1n) is 9.71. The van der Waals surface area contributed by atoms with Gasteiger partial charge in [-0.25, -0.2) is 9.55 Å². The fraction of sp³-hybridized carbons (Fsp3) is 0.120. The SMILES string of the molecule is Cc1ccc2c(n1)oc1c(-c3cc4sc5ccccc5c4c[n+]3C)c(C)ccc12. The lowest BCUT2D eigenvalue weighted by molar-refractivity contribution is -0.659. The number of hydrogen-bond acceptors (Lipinski definition) is 3. The van der Waals surface area contributed by atoms with Crippen molar-refractivity contribution in [2.24, 2.45) is 7.05 Å². The van der Waals surface area contributed by atoms with Crippen LogP contribution in [0.3, 0.4) is 0 Å². The van der Waals surface area contributed by atoms with E-state index in [0.29, 0.717) is 5.71 Å². The summed E-state index contributed by atoms with van der Waals surface area (Å²) < 4.78 is 11.1. The third kappa shape index (κ3) is 2.36. The van der Waals surface area contributed by atoms with Gasteiger partial charge in [-0.2, -0.15) is 0 Å². The van der Waals surface area contributed by atoms with Crippen molar-refractivity contribution in [2.75, 3.05) is 0 Å². The van der Waals surface area contributed by atoms with Crippen LogP contribution in [0.1, 0.15) is 11.3 Å². The maximum Gasteiger partial charge on any atom is 0.227 e. The van der Waals surface area contributed by atoms with Crippen molar-refractivity contribution in [1.82, 2.24) is 4.98 Å². The largest absolute Gasteiger partial charge is 0.437 e. The summed E-state index contributed by atoms with van der Waals surface area (Å²) in [4.78, 5) is 4.61. The summed E-state index contributed by atoms with van der Waals surface area (Å²) in [6.45, 7) is 4.14. The third-order valence-electron chi connectivity index (χ3n) is 5.74. The topological polar surface area (TPSA) is 29.9 Å². The van der Waals surface area contributed by atoms with Crippen LogP contribution in [0.4, 0.5) is 0 Å². The Morgan fingerprint density at radius 2 is 1.69 bits per heavy atom. The van der Waals surface area contributed by atoms with E-state index in [4.69, 9.17) is 4.42 Å². The molecular formula is C25H19N2OS+. The summed E-state index contributed by atoms with van der Waals surface area (Å²) in [5, 5.41) is 4.79. The lowest BCUT2D eigenvalue weighted by Gasteiger charge is -2.06. The Bertz CT molecular complexity index is 1590. The zero-order chi connectivity index (χ0) is 19.7. The van der Waals surface area contributed by atoms with Gasteiger partial charge in [0.2, 0.25) is 11.4 Å². The van der Waals surface area contributed by atoms with Crippen molar-refractivity contribution in [3.63, 3.8) is 0 Å². The molecule has 0 bridgehead atoms. The average Bonchev–Trinajstić information content (AvgIpc) is 3.24. The van der Waals surface area contributed by atoms with Crippen LogP contribution in [0.5, 0.6) is 0 Å². The van der Waals surface area contributed by atoms with E-state index in [0.717, 1.165) is 33.3 Å². The van der Waals surface area contributed by atoms with Gasteiger partial charge >= 0.3 is 0 Å². The molecule has 0 aliphatic carbocycles. The van der Waals surface area contributed by atoms with Crippen LogP contribution in [0.15, 0.2) is 65.2 Å². The fourth-order valence-electron chi connectivity index (χ4n) is 4.29. The molecule has 140 valence electrons. The number of thiophene rings is 1. The van der Waals surface area contributed by atoms with Crippen molar-refractivity contribution in [3.8, 4) is 11.3 Å². The highest BCUT2D eigenvalue weighted by molar-refractivity contribution is 7.25. The minimum atomic E-state index is 0.706. The quantitative estimate of drug-likeness (QED) is 0.299. The zero-order valence-electron chi connectivity index (χ0n) is 16.5. The smallest absolute Gasteiger partial charge is 0.227 e. The van der Waals surface area contributed by atoms with Gasteiger partial charge in [0.25, 0.3) is 0 Å². The highest BCUT2D eigenvalue weighted by atomic mass is 32.1. The monoisotopic (exact) mass is 395 g/mol. The van der Waals surface area contributed by atoms with E-state index in [-0.39, 0.29) is 0 Å². The standard InChI is InChI=1S/C25H19N2OS/c1-14-8-10-17-18-11-9-15(2)26-25(18)28-24(17)23(14)20-12-22-19(13-27(20)3)16-6-4-5-7-21(16)29-22/h4-13H,1-3H3/q+1. The number of hydrogen-bond donors (Lipinski definition) is 0. The van der Waals surface area contributed by atoms with Crippen molar-refractivity contribution in [2.45, 2.75) is 13.8 Å². The van der Waals surface area contributed by atoms with Crippen molar-refractivity contribution >= 4 is 53.6 Å².